The molecule has 3 N–H and O–H groups in total. The highest BCUT2D eigenvalue weighted by atomic mass is 32.1. The Bertz CT molecular complexity index is 484. The Hall–Kier alpha value is -1.42. The van der Waals surface area contributed by atoms with Gasteiger partial charge in [0.25, 0.3) is 5.91 Å². The molecule has 0 radical (unpaired) electrons. The largest absolute Gasteiger partial charge is 0.393 e. The fourth-order valence-electron chi connectivity index (χ4n) is 2.76. The highest BCUT2D eigenvalue weighted by Crippen LogP contribution is 2.24. The molecule has 2 atom stereocenters. The minimum Gasteiger partial charge on any atom is -0.393 e. The van der Waals surface area contributed by atoms with Gasteiger partial charge in [-0.05, 0) is 36.5 Å². The van der Waals surface area contributed by atoms with Crippen molar-refractivity contribution in [2.24, 2.45) is 11.7 Å². The summed E-state index contributed by atoms with van der Waals surface area (Å²) < 4.78 is 0. The van der Waals surface area contributed by atoms with Gasteiger partial charge in [-0.1, -0.05) is 44.1 Å². The van der Waals surface area contributed by atoms with Crippen LogP contribution in [0.15, 0.2) is 24.3 Å². The first-order valence-corrected chi connectivity index (χ1v) is 7.65. The van der Waals surface area contributed by atoms with Crippen molar-refractivity contribution in [1.29, 1.82) is 0 Å². The molecule has 1 aliphatic carbocycles. The molecule has 1 aromatic rings. The van der Waals surface area contributed by atoms with Crippen molar-refractivity contribution >= 4 is 23.1 Å². The lowest BCUT2D eigenvalue weighted by molar-refractivity contribution is 0.0910. The highest BCUT2D eigenvalue weighted by Gasteiger charge is 2.23. The molecule has 2 rings (SSSR count). The maximum atomic E-state index is 12.2. The van der Waals surface area contributed by atoms with Crippen molar-refractivity contribution in [2.45, 2.75) is 45.1 Å². The van der Waals surface area contributed by atoms with Gasteiger partial charge in [-0.15, -0.1) is 0 Å². The van der Waals surface area contributed by atoms with E-state index < -0.39 is 0 Å². The quantitative estimate of drug-likeness (QED) is 0.838. The third kappa shape index (κ3) is 4.04. The summed E-state index contributed by atoms with van der Waals surface area (Å²) in [4.78, 5) is 12.7. The second-order valence-corrected chi connectivity index (χ2v) is 6.21. The fourth-order valence-corrected chi connectivity index (χ4v) is 2.92. The average molecular weight is 290 g/mol. The van der Waals surface area contributed by atoms with E-state index in [1.54, 1.807) is 0 Å². The third-order valence-corrected chi connectivity index (χ3v) is 4.17. The van der Waals surface area contributed by atoms with Crippen LogP contribution < -0.4 is 11.1 Å². The molecule has 0 saturated heterocycles. The number of carbonyl (C=O) groups excluding carboxylic acids is 1. The number of hydrogen-bond donors (Lipinski definition) is 2. The number of carbonyl (C=O) groups is 1. The molecule has 0 aromatic heterocycles. The monoisotopic (exact) mass is 290 g/mol. The standard InChI is InChI=1S/C16H22N2OS/c1-11-4-2-3-5-14(11)18-16(19)13-8-6-12(7-9-13)10-15(17)20/h6-9,11,14H,2-5,10H2,1H3,(H2,17,20)(H,18,19). The summed E-state index contributed by atoms with van der Waals surface area (Å²) in [6.45, 7) is 2.22. The number of nitrogens with two attached hydrogens (primary N) is 1. The van der Waals surface area contributed by atoms with Crippen LogP contribution in [0.1, 0.15) is 48.5 Å². The first-order chi connectivity index (χ1) is 9.56. The van der Waals surface area contributed by atoms with Crippen LogP contribution in [0.4, 0.5) is 0 Å². The fraction of sp³-hybridized carbons (Fsp3) is 0.500. The Balaban J connectivity index is 1.96. The molecule has 0 spiro atoms. The normalized spacial score (nSPS) is 22.2. The Morgan fingerprint density at radius 2 is 1.95 bits per heavy atom. The van der Waals surface area contributed by atoms with Crippen LogP contribution in [0.5, 0.6) is 0 Å². The van der Waals surface area contributed by atoms with Crippen molar-refractivity contribution in [3.05, 3.63) is 35.4 Å². The first kappa shape index (κ1) is 15.0. The molecule has 20 heavy (non-hydrogen) atoms. The van der Waals surface area contributed by atoms with Gasteiger partial charge in [-0.2, -0.15) is 0 Å². The van der Waals surface area contributed by atoms with Gasteiger partial charge in [0.15, 0.2) is 0 Å². The topological polar surface area (TPSA) is 55.1 Å². The smallest absolute Gasteiger partial charge is 0.251 e. The number of rotatable bonds is 4. The van der Waals surface area contributed by atoms with Crippen LogP contribution in [-0.2, 0) is 6.42 Å². The van der Waals surface area contributed by atoms with Gasteiger partial charge < -0.3 is 11.1 Å². The maximum Gasteiger partial charge on any atom is 0.251 e. The zero-order valence-electron chi connectivity index (χ0n) is 11.9. The third-order valence-electron chi connectivity index (χ3n) is 4.02. The maximum absolute atomic E-state index is 12.2. The SMILES string of the molecule is CC1CCCCC1NC(=O)c1ccc(CC(N)=S)cc1. The molecule has 0 bridgehead atoms. The molecule has 1 aliphatic rings. The van der Waals surface area contributed by atoms with Crippen molar-refractivity contribution < 1.29 is 4.79 Å². The molecule has 108 valence electrons. The second-order valence-electron chi connectivity index (χ2n) is 5.68. The van der Waals surface area contributed by atoms with E-state index in [9.17, 15) is 4.79 Å². The molecule has 4 heteroatoms. The molecular formula is C16H22N2OS. The van der Waals surface area contributed by atoms with Crippen LogP contribution in [0.2, 0.25) is 0 Å². The molecule has 3 nitrogen and oxygen atoms in total. The molecule has 2 unspecified atom stereocenters. The molecule has 1 saturated carbocycles. The zero-order valence-corrected chi connectivity index (χ0v) is 12.7. The van der Waals surface area contributed by atoms with Crippen molar-refractivity contribution in [3.63, 3.8) is 0 Å². The van der Waals surface area contributed by atoms with E-state index in [1.807, 2.05) is 24.3 Å². The lowest BCUT2D eigenvalue weighted by atomic mass is 9.86. The molecular weight excluding hydrogens is 268 g/mol. The molecule has 0 aliphatic heterocycles. The summed E-state index contributed by atoms with van der Waals surface area (Å²) in [5.74, 6) is 0.590. The van der Waals surface area contributed by atoms with E-state index >= 15 is 0 Å². The minimum atomic E-state index is 0.0191. The van der Waals surface area contributed by atoms with E-state index in [0.29, 0.717) is 28.9 Å². The van der Waals surface area contributed by atoms with Gasteiger partial charge in [0.2, 0.25) is 0 Å². The summed E-state index contributed by atoms with van der Waals surface area (Å²) >= 11 is 4.88. The summed E-state index contributed by atoms with van der Waals surface area (Å²) in [6.07, 6.45) is 5.37. The van der Waals surface area contributed by atoms with Gasteiger partial charge in [0.1, 0.15) is 0 Å². The Morgan fingerprint density at radius 3 is 2.55 bits per heavy atom. The molecule has 1 amide bonds. The number of benzene rings is 1. The van der Waals surface area contributed by atoms with Crippen LogP contribution >= 0.6 is 12.2 Å². The summed E-state index contributed by atoms with van der Waals surface area (Å²) in [6, 6.07) is 7.83. The first-order valence-electron chi connectivity index (χ1n) is 7.24. The van der Waals surface area contributed by atoms with Crippen molar-refractivity contribution in [2.75, 3.05) is 0 Å². The summed E-state index contributed by atoms with van der Waals surface area (Å²) in [5, 5.41) is 3.16. The van der Waals surface area contributed by atoms with E-state index in [4.69, 9.17) is 18.0 Å². The van der Waals surface area contributed by atoms with E-state index in [0.717, 1.165) is 12.0 Å². The van der Waals surface area contributed by atoms with E-state index in [-0.39, 0.29) is 5.91 Å². The highest BCUT2D eigenvalue weighted by molar-refractivity contribution is 7.80. The van der Waals surface area contributed by atoms with Gasteiger partial charge in [-0.25, -0.2) is 0 Å². The van der Waals surface area contributed by atoms with Crippen LogP contribution in [-0.4, -0.2) is 16.9 Å². The van der Waals surface area contributed by atoms with E-state index in [2.05, 4.69) is 12.2 Å². The lowest BCUT2D eigenvalue weighted by Crippen LogP contribution is -2.41. The van der Waals surface area contributed by atoms with Gasteiger partial charge in [0.05, 0.1) is 4.99 Å². The Labute approximate surface area is 125 Å². The van der Waals surface area contributed by atoms with Gasteiger partial charge >= 0.3 is 0 Å². The predicted octanol–water partition coefficient (Wildman–Crippen LogP) is 2.82. The molecule has 1 fully saturated rings. The van der Waals surface area contributed by atoms with E-state index in [1.165, 1.54) is 19.3 Å². The Kier molecular flexibility index (Phi) is 5.12. The number of hydrogen-bond acceptors (Lipinski definition) is 2. The van der Waals surface area contributed by atoms with Gasteiger partial charge in [0, 0.05) is 18.0 Å². The number of nitrogens with one attached hydrogen (secondary N) is 1. The summed E-state index contributed by atoms with van der Waals surface area (Å²) in [5.41, 5.74) is 7.26. The summed E-state index contributed by atoms with van der Waals surface area (Å²) in [7, 11) is 0. The van der Waals surface area contributed by atoms with Crippen LogP contribution in [0, 0.1) is 5.92 Å². The number of thiocarbonyl (C=S) groups is 1. The van der Waals surface area contributed by atoms with Crippen LogP contribution in [0.3, 0.4) is 0 Å². The lowest BCUT2D eigenvalue weighted by Gasteiger charge is -2.29. The second kappa shape index (κ2) is 6.84. The molecule has 0 heterocycles. The number of amides is 1. The predicted molar refractivity (Wildman–Crippen MR) is 85.8 cm³/mol. The van der Waals surface area contributed by atoms with Crippen LogP contribution in [0.25, 0.3) is 0 Å². The van der Waals surface area contributed by atoms with Gasteiger partial charge in [-0.3, -0.25) is 4.79 Å². The average Bonchev–Trinajstić information content (AvgIpc) is 2.41. The van der Waals surface area contributed by atoms with Crippen molar-refractivity contribution in [1.82, 2.24) is 5.32 Å². The minimum absolute atomic E-state index is 0.0191. The zero-order chi connectivity index (χ0) is 14.5. The van der Waals surface area contributed by atoms with Crippen molar-refractivity contribution in [3.8, 4) is 0 Å². The Morgan fingerprint density at radius 1 is 1.30 bits per heavy atom. The molecule has 1 aromatic carbocycles.